The molecule has 1 atom stereocenters. The molecule has 6 heteroatoms. The van der Waals surface area contributed by atoms with Crippen LogP contribution in [0.25, 0.3) is 0 Å². The van der Waals surface area contributed by atoms with Crippen molar-refractivity contribution in [2.75, 3.05) is 13.2 Å². The topological polar surface area (TPSA) is 79.8 Å². The molecule has 0 radical (unpaired) electrons. The Morgan fingerprint density at radius 3 is 2.84 bits per heavy atom. The van der Waals surface area contributed by atoms with Crippen LogP contribution in [-0.4, -0.2) is 42.6 Å². The van der Waals surface area contributed by atoms with Gasteiger partial charge in [0.05, 0.1) is 12.2 Å². The molecule has 1 aromatic rings. The summed E-state index contributed by atoms with van der Waals surface area (Å²) >= 11 is 0. The van der Waals surface area contributed by atoms with E-state index in [4.69, 9.17) is 9.47 Å². The molecule has 3 rings (SSSR count). The zero-order chi connectivity index (χ0) is 17.5. The first-order chi connectivity index (χ1) is 12.2. The molecular formula is C19H28N2O4. The molecule has 0 spiro atoms. The molecule has 1 saturated carbocycles. The fraction of sp³-hybridized carbons (Fsp3) is 0.632. The Morgan fingerprint density at radius 1 is 1.24 bits per heavy atom. The van der Waals surface area contributed by atoms with E-state index in [1.807, 2.05) is 24.3 Å². The molecule has 1 aliphatic heterocycles. The maximum absolute atomic E-state index is 12.0. The molecule has 0 bridgehead atoms. The molecule has 1 aromatic carbocycles. The second-order valence-electron chi connectivity index (χ2n) is 6.93. The molecule has 25 heavy (non-hydrogen) atoms. The normalized spacial score (nSPS) is 26.2. The summed E-state index contributed by atoms with van der Waals surface area (Å²) in [6.07, 6.45) is 5.33. The molecular weight excluding hydrogens is 320 g/mol. The lowest BCUT2D eigenvalue weighted by Gasteiger charge is -2.26. The first-order valence-electron chi connectivity index (χ1n) is 9.25. The highest BCUT2D eigenvalue weighted by atomic mass is 16.5. The molecule has 6 nitrogen and oxygen atoms in total. The molecule has 2 fully saturated rings. The van der Waals surface area contributed by atoms with Crippen LogP contribution < -0.4 is 15.4 Å². The summed E-state index contributed by atoms with van der Waals surface area (Å²) < 4.78 is 11.3. The summed E-state index contributed by atoms with van der Waals surface area (Å²) in [4.78, 5) is 12.0. The smallest absolute Gasteiger partial charge is 0.315 e. The van der Waals surface area contributed by atoms with Gasteiger partial charge < -0.3 is 25.2 Å². The monoisotopic (exact) mass is 348 g/mol. The minimum Gasteiger partial charge on any atom is -0.491 e. The number of aliphatic hydroxyl groups excluding tert-OH is 1. The molecule has 2 amide bonds. The van der Waals surface area contributed by atoms with E-state index in [0.29, 0.717) is 13.2 Å². The molecule has 0 unspecified atom stereocenters. The molecule has 1 aliphatic carbocycles. The van der Waals surface area contributed by atoms with Crippen molar-refractivity contribution in [1.29, 1.82) is 0 Å². The van der Waals surface area contributed by atoms with Crippen molar-refractivity contribution in [3.8, 4) is 5.75 Å². The van der Waals surface area contributed by atoms with Gasteiger partial charge in [0.25, 0.3) is 0 Å². The molecule has 0 aromatic heterocycles. The summed E-state index contributed by atoms with van der Waals surface area (Å²) in [6.45, 7) is 1.86. The maximum Gasteiger partial charge on any atom is 0.315 e. The van der Waals surface area contributed by atoms with Gasteiger partial charge in [0, 0.05) is 19.2 Å². The highest BCUT2D eigenvalue weighted by Crippen LogP contribution is 2.19. The van der Waals surface area contributed by atoms with E-state index in [-0.39, 0.29) is 24.3 Å². The second kappa shape index (κ2) is 9.06. The number of hydrogen-bond donors (Lipinski definition) is 3. The Kier molecular flexibility index (Phi) is 6.53. The number of aliphatic hydroxyl groups is 1. The standard InChI is InChI=1S/C19H28N2O4/c22-16-8-6-15(7-9-16)21-19(23)20-12-14-3-1-4-17(11-14)25-13-18-5-2-10-24-18/h1,3-4,11,15-16,18,22H,2,5-10,12-13H2,(H2,20,21,23)/t15?,16?,18-/m0/s1. The number of carbonyl (C=O) groups excluding carboxylic acids is 1. The van der Waals surface area contributed by atoms with Gasteiger partial charge in [-0.25, -0.2) is 4.79 Å². The van der Waals surface area contributed by atoms with E-state index in [2.05, 4.69) is 10.6 Å². The number of amides is 2. The fourth-order valence-electron chi connectivity index (χ4n) is 3.35. The Hall–Kier alpha value is -1.79. The Labute approximate surface area is 148 Å². The van der Waals surface area contributed by atoms with Crippen LogP contribution in [0.3, 0.4) is 0 Å². The van der Waals surface area contributed by atoms with Gasteiger partial charge in [-0.3, -0.25) is 0 Å². The Balaban J connectivity index is 1.39. The number of carbonyl (C=O) groups is 1. The molecule has 1 heterocycles. The van der Waals surface area contributed by atoms with Crippen LogP contribution in [0.1, 0.15) is 44.1 Å². The lowest BCUT2D eigenvalue weighted by atomic mass is 9.93. The van der Waals surface area contributed by atoms with Gasteiger partial charge in [-0.05, 0) is 56.2 Å². The zero-order valence-corrected chi connectivity index (χ0v) is 14.6. The largest absolute Gasteiger partial charge is 0.491 e. The third kappa shape index (κ3) is 5.90. The van der Waals surface area contributed by atoms with Crippen molar-refractivity contribution in [3.05, 3.63) is 29.8 Å². The van der Waals surface area contributed by atoms with E-state index in [0.717, 1.165) is 56.4 Å². The first-order valence-corrected chi connectivity index (χ1v) is 9.25. The van der Waals surface area contributed by atoms with Crippen LogP contribution in [0, 0.1) is 0 Å². The van der Waals surface area contributed by atoms with E-state index < -0.39 is 0 Å². The van der Waals surface area contributed by atoms with Gasteiger partial charge in [-0.2, -0.15) is 0 Å². The van der Waals surface area contributed by atoms with Crippen molar-refractivity contribution in [2.45, 2.75) is 63.3 Å². The predicted octanol–water partition coefficient (Wildman–Crippen LogP) is 2.35. The number of ether oxygens (including phenoxy) is 2. The summed E-state index contributed by atoms with van der Waals surface area (Å²) in [7, 11) is 0. The summed E-state index contributed by atoms with van der Waals surface area (Å²) in [5.41, 5.74) is 0.999. The highest BCUT2D eigenvalue weighted by molar-refractivity contribution is 5.74. The SMILES string of the molecule is O=C(NCc1cccc(OC[C@@H]2CCCO2)c1)NC1CCC(O)CC1. The average molecular weight is 348 g/mol. The third-order valence-corrected chi connectivity index (χ3v) is 4.84. The second-order valence-corrected chi connectivity index (χ2v) is 6.93. The van der Waals surface area contributed by atoms with Crippen molar-refractivity contribution in [2.24, 2.45) is 0 Å². The molecule has 1 saturated heterocycles. The number of rotatable bonds is 6. The van der Waals surface area contributed by atoms with Gasteiger partial charge in [0.15, 0.2) is 0 Å². The highest BCUT2D eigenvalue weighted by Gasteiger charge is 2.20. The number of hydrogen-bond acceptors (Lipinski definition) is 4. The van der Waals surface area contributed by atoms with Crippen molar-refractivity contribution in [3.63, 3.8) is 0 Å². The van der Waals surface area contributed by atoms with E-state index in [9.17, 15) is 9.90 Å². The van der Waals surface area contributed by atoms with Gasteiger partial charge in [-0.1, -0.05) is 12.1 Å². The van der Waals surface area contributed by atoms with E-state index in [1.54, 1.807) is 0 Å². The molecule has 3 N–H and O–H groups in total. The molecule has 2 aliphatic rings. The third-order valence-electron chi connectivity index (χ3n) is 4.84. The fourth-order valence-corrected chi connectivity index (χ4v) is 3.35. The van der Waals surface area contributed by atoms with E-state index in [1.165, 1.54) is 0 Å². The van der Waals surface area contributed by atoms with Crippen LogP contribution in [0.2, 0.25) is 0 Å². The number of benzene rings is 1. The number of nitrogens with one attached hydrogen (secondary N) is 2. The van der Waals surface area contributed by atoms with Gasteiger partial charge in [0.1, 0.15) is 12.4 Å². The number of urea groups is 1. The minimum absolute atomic E-state index is 0.157. The van der Waals surface area contributed by atoms with Crippen LogP contribution in [0.5, 0.6) is 5.75 Å². The van der Waals surface area contributed by atoms with Gasteiger partial charge in [-0.15, -0.1) is 0 Å². The average Bonchev–Trinajstić information content (AvgIpc) is 3.14. The van der Waals surface area contributed by atoms with Gasteiger partial charge in [0.2, 0.25) is 0 Å². The van der Waals surface area contributed by atoms with E-state index >= 15 is 0 Å². The van der Waals surface area contributed by atoms with Crippen LogP contribution in [0.4, 0.5) is 4.79 Å². The summed E-state index contributed by atoms with van der Waals surface area (Å²) in [5.74, 6) is 0.802. The minimum atomic E-state index is -0.210. The van der Waals surface area contributed by atoms with Crippen LogP contribution in [-0.2, 0) is 11.3 Å². The maximum atomic E-state index is 12.0. The van der Waals surface area contributed by atoms with Crippen LogP contribution in [0.15, 0.2) is 24.3 Å². The quantitative estimate of drug-likeness (QED) is 0.737. The first kappa shape index (κ1) is 18.0. The van der Waals surface area contributed by atoms with Crippen LogP contribution >= 0.6 is 0 Å². The zero-order valence-electron chi connectivity index (χ0n) is 14.6. The summed E-state index contributed by atoms with van der Waals surface area (Å²) in [5, 5.41) is 15.4. The van der Waals surface area contributed by atoms with Crippen molar-refractivity contribution < 1.29 is 19.4 Å². The van der Waals surface area contributed by atoms with Crippen molar-refractivity contribution >= 4 is 6.03 Å². The lowest BCUT2D eigenvalue weighted by molar-refractivity contribution is 0.0679. The van der Waals surface area contributed by atoms with Crippen molar-refractivity contribution in [1.82, 2.24) is 10.6 Å². The predicted molar refractivity (Wildman–Crippen MR) is 94.5 cm³/mol. The Morgan fingerprint density at radius 2 is 2.08 bits per heavy atom. The Bertz CT molecular complexity index is 552. The molecule has 138 valence electrons. The lowest BCUT2D eigenvalue weighted by Crippen LogP contribution is -2.43. The van der Waals surface area contributed by atoms with Gasteiger partial charge >= 0.3 is 6.03 Å². The summed E-state index contributed by atoms with van der Waals surface area (Å²) in [6, 6.07) is 7.77.